The van der Waals surface area contributed by atoms with E-state index in [0.29, 0.717) is 6.42 Å². The first-order valence-corrected chi connectivity index (χ1v) is 6.38. The first-order chi connectivity index (χ1) is 9.71. The van der Waals surface area contributed by atoms with Crippen LogP contribution in [0.3, 0.4) is 0 Å². The van der Waals surface area contributed by atoms with Crippen LogP contribution in [-0.2, 0) is 21.6 Å². The fourth-order valence-electron chi connectivity index (χ4n) is 2.42. The van der Waals surface area contributed by atoms with Gasteiger partial charge in [0, 0.05) is 12.0 Å². The third-order valence-electron chi connectivity index (χ3n) is 3.37. The molecule has 1 aliphatic heterocycles. The zero-order valence-corrected chi connectivity index (χ0v) is 10.8. The highest BCUT2D eigenvalue weighted by molar-refractivity contribution is 6.01. The number of rotatable bonds is 3. The predicted octanol–water partition coefficient (Wildman–Crippen LogP) is 2.00. The second-order valence-corrected chi connectivity index (χ2v) is 4.71. The van der Waals surface area contributed by atoms with E-state index in [-0.39, 0.29) is 11.9 Å². The topological polar surface area (TPSA) is 64.7 Å². The minimum Gasteiger partial charge on any atom is -0.443 e. The van der Waals surface area contributed by atoms with Gasteiger partial charge in [-0.1, -0.05) is 60.7 Å². The van der Waals surface area contributed by atoms with E-state index in [1.54, 1.807) is 0 Å². The van der Waals surface area contributed by atoms with E-state index in [9.17, 15) is 4.79 Å². The maximum Gasteiger partial charge on any atom is 0.299 e. The highest BCUT2D eigenvalue weighted by Crippen LogP contribution is 2.34. The highest BCUT2D eigenvalue weighted by atomic mass is 16.5. The molecule has 1 heterocycles. The molecule has 0 radical (unpaired) electrons. The van der Waals surface area contributed by atoms with Crippen LogP contribution in [0.4, 0.5) is 0 Å². The van der Waals surface area contributed by atoms with E-state index in [1.807, 2.05) is 60.7 Å². The summed E-state index contributed by atoms with van der Waals surface area (Å²) in [4.78, 5) is 16.1. The monoisotopic (exact) mass is 266 g/mol. The summed E-state index contributed by atoms with van der Waals surface area (Å²) in [6.07, 6.45) is 0.404. The summed E-state index contributed by atoms with van der Waals surface area (Å²) < 4.78 is 5.63. The van der Waals surface area contributed by atoms with Gasteiger partial charge in [-0.15, -0.1) is 0 Å². The zero-order chi connectivity index (χ0) is 14.0. The molecular formula is C16H14N2O2. The molecule has 1 aliphatic rings. The Hall–Kier alpha value is -2.62. The molecule has 4 heteroatoms. The minimum atomic E-state index is -1.15. The normalized spacial score (nSPS) is 21.4. The maximum absolute atomic E-state index is 12.3. The van der Waals surface area contributed by atoms with Crippen LogP contribution in [0, 0.1) is 0 Å². The maximum atomic E-state index is 12.3. The molecule has 0 saturated carbocycles. The number of hydrogen-bond donors (Lipinski definition) is 1. The van der Waals surface area contributed by atoms with Gasteiger partial charge in [-0.2, -0.15) is 4.99 Å². The average Bonchev–Trinajstić information content (AvgIpc) is 2.76. The molecule has 2 aromatic carbocycles. The molecule has 0 spiro atoms. The summed E-state index contributed by atoms with van der Waals surface area (Å²) in [7, 11) is 0. The van der Waals surface area contributed by atoms with Gasteiger partial charge >= 0.3 is 0 Å². The summed E-state index contributed by atoms with van der Waals surface area (Å²) in [5, 5.41) is 0. The molecular weight excluding hydrogens is 252 g/mol. The Labute approximate surface area is 116 Å². The van der Waals surface area contributed by atoms with Crippen molar-refractivity contribution in [2.24, 2.45) is 10.7 Å². The van der Waals surface area contributed by atoms with Crippen LogP contribution in [0.1, 0.15) is 11.1 Å². The summed E-state index contributed by atoms with van der Waals surface area (Å²) in [5.74, 6) is -0.356. The van der Waals surface area contributed by atoms with Gasteiger partial charge in [-0.25, -0.2) is 0 Å². The van der Waals surface area contributed by atoms with Crippen molar-refractivity contribution in [1.82, 2.24) is 0 Å². The lowest BCUT2D eigenvalue weighted by Gasteiger charge is -2.26. The first-order valence-electron chi connectivity index (χ1n) is 6.38. The molecule has 4 nitrogen and oxygen atoms in total. The van der Waals surface area contributed by atoms with Crippen LogP contribution in [0.15, 0.2) is 65.7 Å². The van der Waals surface area contributed by atoms with Crippen molar-refractivity contribution in [2.75, 3.05) is 0 Å². The second-order valence-electron chi connectivity index (χ2n) is 4.71. The first kappa shape index (κ1) is 12.4. The number of amidine groups is 1. The summed E-state index contributed by atoms with van der Waals surface area (Å²) in [6, 6.07) is 19.0. The lowest BCUT2D eigenvalue weighted by atomic mass is 9.86. The van der Waals surface area contributed by atoms with Gasteiger partial charge < -0.3 is 10.5 Å². The van der Waals surface area contributed by atoms with Gasteiger partial charge in [-0.05, 0) is 5.56 Å². The lowest BCUT2D eigenvalue weighted by molar-refractivity contribution is -0.131. The van der Waals surface area contributed by atoms with Gasteiger partial charge in [0.05, 0.1) is 0 Å². The molecule has 0 aliphatic carbocycles. The van der Waals surface area contributed by atoms with Crippen molar-refractivity contribution < 1.29 is 9.53 Å². The van der Waals surface area contributed by atoms with Gasteiger partial charge in [0.15, 0.2) is 0 Å². The number of nitrogens with two attached hydrogens (primary N) is 1. The smallest absolute Gasteiger partial charge is 0.299 e. The van der Waals surface area contributed by atoms with Gasteiger partial charge in [-0.3, -0.25) is 4.79 Å². The summed E-state index contributed by atoms with van der Waals surface area (Å²) in [5.41, 5.74) is 6.21. The van der Waals surface area contributed by atoms with E-state index in [2.05, 4.69) is 4.99 Å². The fraction of sp³-hybridized carbons (Fsp3) is 0.125. The molecule has 0 aromatic heterocycles. The quantitative estimate of drug-likeness (QED) is 0.924. The predicted molar refractivity (Wildman–Crippen MR) is 76.0 cm³/mol. The number of nitrogens with zero attached hydrogens (tertiary/aromatic N) is 1. The van der Waals surface area contributed by atoms with Crippen molar-refractivity contribution in [3.05, 3.63) is 71.8 Å². The van der Waals surface area contributed by atoms with E-state index >= 15 is 0 Å². The number of carbonyl (C=O) groups is 1. The van der Waals surface area contributed by atoms with E-state index < -0.39 is 5.60 Å². The van der Waals surface area contributed by atoms with Crippen LogP contribution in [-0.4, -0.2) is 11.9 Å². The van der Waals surface area contributed by atoms with Crippen molar-refractivity contribution in [3.63, 3.8) is 0 Å². The summed E-state index contributed by atoms with van der Waals surface area (Å²) in [6.45, 7) is 0. The SMILES string of the molecule is NC1=NC(=O)C(Cc2ccccc2)(c2ccccc2)O1. The Bertz CT molecular complexity index is 653. The Kier molecular flexibility index (Phi) is 2.99. The zero-order valence-electron chi connectivity index (χ0n) is 10.8. The molecule has 1 atom stereocenters. The third kappa shape index (κ3) is 2.05. The van der Waals surface area contributed by atoms with E-state index in [1.165, 1.54) is 0 Å². The Morgan fingerprint density at radius 2 is 1.60 bits per heavy atom. The molecule has 0 saturated heterocycles. The molecule has 2 N–H and O–H groups in total. The third-order valence-corrected chi connectivity index (χ3v) is 3.37. The van der Waals surface area contributed by atoms with E-state index in [4.69, 9.17) is 10.5 Å². The molecule has 0 fully saturated rings. The van der Waals surface area contributed by atoms with Crippen LogP contribution >= 0.6 is 0 Å². The van der Waals surface area contributed by atoms with Crippen molar-refractivity contribution >= 4 is 11.9 Å². The number of hydrogen-bond acceptors (Lipinski definition) is 3. The summed E-state index contributed by atoms with van der Waals surface area (Å²) >= 11 is 0. The van der Waals surface area contributed by atoms with Gasteiger partial charge in [0.1, 0.15) is 0 Å². The number of amides is 1. The molecule has 3 rings (SSSR count). The molecule has 20 heavy (non-hydrogen) atoms. The molecule has 0 bridgehead atoms. The second kappa shape index (κ2) is 4.81. The van der Waals surface area contributed by atoms with Crippen LogP contribution in [0.25, 0.3) is 0 Å². The van der Waals surface area contributed by atoms with Gasteiger partial charge in [0.25, 0.3) is 11.9 Å². The molecule has 1 amide bonds. The Balaban J connectivity index is 2.04. The average molecular weight is 266 g/mol. The Morgan fingerprint density at radius 3 is 2.15 bits per heavy atom. The van der Waals surface area contributed by atoms with Crippen molar-refractivity contribution in [3.8, 4) is 0 Å². The van der Waals surface area contributed by atoms with E-state index in [0.717, 1.165) is 11.1 Å². The number of carbonyl (C=O) groups excluding carboxylic acids is 1. The molecule has 1 unspecified atom stereocenters. The van der Waals surface area contributed by atoms with Crippen LogP contribution in [0.2, 0.25) is 0 Å². The minimum absolute atomic E-state index is 0.0743. The lowest BCUT2D eigenvalue weighted by Crippen LogP contribution is -2.37. The van der Waals surface area contributed by atoms with Crippen molar-refractivity contribution in [1.29, 1.82) is 0 Å². The molecule has 100 valence electrons. The number of benzene rings is 2. The number of ether oxygens (including phenoxy) is 1. The fourth-order valence-corrected chi connectivity index (χ4v) is 2.42. The highest BCUT2D eigenvalue weighted by Gasteiger charge is 2.47. The van der Waals surface area contributed by atoms with Crippen molar-refractivity contribution in [2.45, 2.75) is 12.0 Å². The van der Waals surface area contributed by atoms with Crippen LogP contribution in [0.5, 0.6) is 0 Å². The van der Waals surface area contributed by atoms with Crippen LogP contribution < -0.4 is 5.73 Å². The number of aliphatic imine (C=N–C) groups is 1. The molecule has 2 aromatic rings. The largest absolute Gasteiger partial charge is 0.443 e. The standard InChI is InChI=1S/C16H14N2O2/c17-15-18-14(19)16(20-15,13-9-5-2-6-10-13)11-12-7-3-1-4-8-12/h1-10H,11H2,(H2,17,18,19). The van der Waals surface area contributed by atoms with Gasteiger partial charge in [0.2, 0.25) is 5.60 Å². The Morgan fingerprint density at radius 1 is 1.00 bits per heavy atom.